The van der Waals surface area contributed by atoms with E-state index in [4.69, 9.17) is 6.42 Å². The second kappa shape index (κ2) is 4.66. The summed E-state index contributed by atoms with van der Waals surface area (Å²) in [5, 5.41) is 2.41. The number of hydrogen-bond acceptors (Lipinski definition) is 3. The summed E-state index contributed by atoms with van der Waals surface area (Å²) in [5.41, 5.74) is -0.431. The van der Waals surface area contributed by atoms with Crippen molar-refractivity contribution in [3.8, 4) is 12.3 Å². The van der Waals surface area contributed by atoms with E-state index in [1.165, 1.54) is 7.11 Å². The van der Waals surface area contributed by atoms with Crippen LogP contribution in [-0.4, -0.2) is 25.0 Å². The zero-order valence-corrected chi connectivity index (χ0v) is 8.88. The Morgan fingerprint density at radius 1 is 1.43 bits per heavy atom. The van der Waals surface area contributed by atoms with Gasteiger partial charge >= 0.3 is 5.97 Å². The van der Waals surface area contributed by atoms with Gasteiger partial charge in [0, 0.05) is 0 Å². The third-order valence-electron chi connectivity index (χ3n) is 1.71. The van der Waals surface area contributed by atoms with Crippen molar-refractivity contribution in [2.75, 3.05) is 7.11 Å². The topological polar surface area (TPSA) is 55.4 Å². The smallest absolute Gasteiger partial charge is 0.328 e. The van der Waals surface area contributed by atoms with E-state index in [1.54, 1.807) is 0 Å². The summed E-state index contributed by atoms with van der Waals surface area (Å²) < 4.78 is 4.56. The lowest BCUT2D eigenvalue weighted by Crippen LogP contribution is -2.49. The minimum Gasteiger partial charge on any atom is -0.467 e. The number of methoxy groups -OCH3 is 1. The highest BCUT2D eigenvalue weighted by atomic mass is 16.5. The van der Waals surface area contributed by atoms with Crippen LogP contribution in [0.4, 0.5) is 0 Å². The van der Waals surface area contributed by atoms with Crippen LogP contribution in [-0.2, 0) is 14.3 Å². The Balaban J connectivity index is 4.68. The van der Waals surface area contributed by atoms with E-state index in [0.717, 1.165) is 0 Å². The molecule has 1 amide bonds. The third-order valence-corrected chi connectivity index (χ3v) is 1.71. The molecule has 4 heteroatoms. The molecule has 0 saturated carbocycles. The Kier molecular flexibility index (Phi) is 4.16. The van der Waals surface area contributed by atoms with Gasteiger partial charge in [0.1, 0.15) is 6.04 Å². The molecule has 0 rings (SSSR count). The van der Waals surface area contributed by atoms with Crippen molar-refractivity contribution >= 4 is 11.9 Å². The number of carbonyl (C=O) groups excluding carboxylic acids is 2. The number of rotatable bonds is 2. The van der Waals surface area contributed by atoms with Crippen molar-refractivity contribution in [3.05, 3.63) is 0 Å². The van der Waals surface area contributed by atoms with Crippen molar-refractivity contribution in [1.82, 2.24) is 5.32 Å². The molecule has 1 atom stereocenters. The van der Waals surface area contributed by atoms with Crippen LogP contribution in [0.3, 0.4) is 0 Å². The SMILES string of the molecule is C#CC(=O)NC(C(=O)OC)C(C)(C)C. The van der Waals surface area contributed by atoms with Gasteiger partial charge < -0.3 is 10.1 Å². The van der Waals surface area contributed by atoms with E-state index >= 15 is 0 Å². The van der Waals surface area contributed by atoms with Gasteiger partial charge in [-0.2, -0.15) is 0 Å². The second-order valence-corrected chi connectivity index (χ2v) is 3.94. The highest BCUT2D eigenvalue weighted by Gasteiger charge is 2.33. The van der Waals surface area contributed by atoms with Crippen LogP contribution < -0.4 is 5.32 Å². The van der Waals surface area contributed by atoms with E-state index < -0.39 is 23.3 Å². The Morgan fingerprint density at radius 2 is 1.93 bits per heavy atom. The predicted molar refractivity (Wildman–Crippen MR) is 52.2 cm³/mol. The van der Waals surface area contributed by atoms with E-state index in [1.807, 2.05) is 26.7 Å². The van der Waals surface area contributed by atoms with Crippen LogP contribution in [0.5, 0.6) is 0 Å². The Morgan fingerprint density at radius 3 is 2.21 bits per heavy atom. The maximum Gasteiger partial charge on any atom is 0.328 e. The average Bonchev–Trinajstić information content (AvgIpc) is 2.10. The summed E-state index contributed by atoms with van der Waals surface area (Å²) >= 11 is 0. The summed E-state index contributed by atoms with van der Waals surface area (Å²) in [6.45, 7) is 5.43. The number of esters is 1. The summed E-state index contributed by atoms with van der Waals surface area (Å²) in [7, 11) is 1.27. The molecule has 0 bridgehead atoms. The molecule has 0 fully saturated rings. The first-order valence-corrected chi connectivity index (χ1v) is 4.18. The van der Waals surface area contributed by atoms with Crippen LogP contribution >= 0.6 is 0 Å². The lowest BCUT2D eigenvalue weighted by molar-refractivity contribution is -0.147. The number of terminal acetylenes is 1. The number of hydrogen-bond donors (Lipinski definition) is 1. The molecule has 78 valence electrons. The first-order valence-electron chi connectivity index (χ1n) is 4.18. The molecule has 0 aromatic heterocycles. The predicted octanol–water partition coefficient (Wildman–Crippen LogP) is 0.323. The molecule has 14 heavy (non-hydrogen) atoms. The van der Waals surface area contributed by atoms with Crippen molar-refractivity contribution < 1.29 is 14.3 Å². The zero-order chi connectivity index (χ0) is 11.4. The number of carbonyl (C=O) groups is 2. The number of amides is 1. The van der Waals surface area contributed by atoms with Crippen LogP contribution in [0.1, 0.15) is 20.8 Å². The highest BCUT2D eigenvalue weighted by molar-refractivity contribution is 5.95. The van der Waals surface area contributed by atoms with Gasteiger partial charge in [-0.1, -0.05) is 20.8 Å². The fourth-order valence-electron chi connectivity index (χ4n) is 0.920. The fraction of sp³-hybridized carbons (Fsp3) is 0.600. The average molecular weight is 197 g/mol. The normalized spacial score (nSPS) is 12.5. The zero-order valence-electron chi connectivity index (χ0n) is 8.88. The first kappa shape index (κ1) is 12.5. The van der Waals surface area contributed by atoms with Gasteiger partial charge in [-0.15, -0.1) is 6.42 Å². The van der Waals surface area contributed by atoms with Crippen LogP contribution in [0.25, 0.3) is 0 Å². The van der Waals surface area contributed by atoms with Gasteiger partial charge in [-0.3, -0.25) is 4.79 Å². The fourth-order valence-corrected chi connectivity index (χ4v) is 0.920. The molecule has 0 aromatic rings. The lowest BCUT2D eigenvalue weighted by Gasteiger charge is -2.28. The van der Waals surface area contributed by atoms with E-state index in [0.29, 0.717) is 0 Å². The van der Waals surface area contributed by atoms with Crippen molar-refractivity contribution in [3.63, 3.8) is 0 Å². The third kappa shape index (κ3) is 3.48. The highest BCUT2D eigenvalue weighted by Crippen LogP contribution is 2.20. The van der Waals surface area contributed by atoms with E-state index in [-0.39, 0.29) is 0 Å². The molecule has 0 heterocycles. The second-order valence-electron chi connectivity index (χ2n) is 3.94. The minimum atomic E-state index is -0.726. The standard InChI is InChI=1S/C10H15NO3/c1-6-7(12)11-8(9(13)14-5)10(2,3)4/h1,8H,2-5H3,(H,11,12). The Labute approximate surface area is 84.0 Å². The summed E-state index contributed by atoms with van der Waals surface area (Å²) in [6.07, 6.45) is 4.89. The van der Waals surface area contributed by atoms with Crippen molar-refractivity contribution in [2.24, 2.45) is 5.41 Å². The summed E-state index contributed by atoms with van der Waals surface area (Å²) in [4.78, 5) is 22.2. The molecule has 1 unspecified atom stereocenters. The molecule has 4 nitrogen and oxygen atoms in total. The Hall–Kier alpha value is -1.50. The summed E-state index contributed by atoms with van der Waals surface area (Å²) in [5.74, 6) is 0.774. The maximum absolute atomic E-state index is 11.3. The molecular formula is C10H15NO3. The Bertz CT molecular complexity index is 270. The lowest BCUT2D eigenvalue weighted by atomic mass is 9.87. The van der Waals surface area contributed by atoms with Gasteiger partial charge in [0.2, 0.25) is 0 Å². The minimum absolute atomic E-state index is 0.431. The number of nitrogens with one attached hydrogen (secondary N) is 1. The van der Waals surface area contributed by atoms with Crippen molar-refractivity contribution in [2.45, 2.75) is 26.8 Å². The van der Waals surface area contributed by atoms with E-state index in [9.17, 15) is 9.59 Å². The molecule has 0 aliphatic rings. The largest absolute Gasteiger partial charge is 0.467 e. The van der Waals surface area contributed by atoms with Crippen LogP contribution in [0.15, 0.2) is 0 Å². The first-order chi connectivity index (χ1) is 6.32. The van der Waals surface area contributed by atoms with Crippen molar-refractivity contribution in [1.29, 1.82) is 0 Å². The van der Waals surface area contributed by atoms with Gasteiger partial charge in [0.05, 0.1) is 7.11 Å². The van der Waals surface area contributed by atoms with Gasteiger partial charge in [0.25, 0.3) is 5.91 Å². The monoisotopic (exact) mass is 197 g/mol. The van der Waals surface area contributed by atoms with Gasteiger partial charge in [-0.05, 0) is 11.3 Å². The summed E-state index contributed by atoms with van der Waals surface area (Å²) in [6, 6.07) is -0.726. The molecule has 1 N–H and O–H groups in total. The molecule has 0 aromatic carbocycles. The van der Waals surface area contributed by atoms with Gasteiger partial charge in [0.15, 0.2) is 0 Å². The quantitative estimate of drug-likeness (QED) is 0.512. The van der Waals surface area contributed by atoms with E-state index in [2.05, 4.69) is 10.1 Å². The molecule has 0 aliphatic carbocycles. The molecule has 0 spiro atoms. The molecule has 0 saturated heterocycles. The van der Waals surface area contributed by atoms with Crippen LogP contribution in [0.2, 0.25) is 0 Å². The molecular weight excluding hydrogens is 182 g/mol. The molecule has 0 radical (unpaired) electrons. The molecule has 0 aliphatic heterocycles. The number of ether oxygens (including phenoxy) is 1. The maximum atomic E-state index is 11.3. The van der Waals surface area contributed by atoms with Crippen LogP contribution in [0, 0.1) is 17.8 Å². The van der Waals surface area contributed by atoms with Gasteiger partial charge in [-0.25, -0.2) is 4.79 Å².